The number of anilines is 3. The van der Waals surface area contributed by atoms with Gasteiger partial charge in [0, 0.05) is 49.3 Å². The number of piperazine rings is 1. The Hall–Kier alpha value is -2.96. The first-order chi connectivity index (χ1) is 16.0. The topological polar surface area (TPSA) is 47.5 Å². The van der Waals surface area contributed by atoms with Crippen molar-refractivity contribution < 1.29 is 0 Å². The highest BCUT2D eigenvalue weighted by Gasteiger charge is 2.17. The predicted octanol–water partition coefficient (Wildman–Crippen LogP) is 4.58. The highest BCUT2D eigenvalue weighted by molar-refractivity contribution is 5.69. The Labute approximate surface area is 198 Å². The Morgan fingerprint density at radius 2 is 1.61 bits per heavy atom. The van der Waals surface area contributed by atoms with E-state index in [2.05, 4.69) is 95.4 Å². The smallest absolute Gasteiger partial charge is 0.227 e. The maximum absolute atomic E-state index is 4.77. The van der Waals surface area contributed by atoms with Crippen LogP contribution in [0.2, 0.25) is 0 Å². The molecule has 0 atom stereocenters. The van der Waals surface area contributed by atoms with Crippen LogP contribution in [-0.2, 0) is 0 Å². The van der Waals surface area contributed by atoms with Crippen molar-refractivity contribution in [3.63, 3.8) is 0 Å². The number of aromatic nitrogens is 2. The normalized spacial score (nSPS) is 14.6. The van der Waals surface area contributed by atoms with E-state index in [4.69, 9.17) is 4.98 Å². The highest BCUT2D eigenvalue weighted by atomic mass is 15.3. The molecule has 0 aliphatic carbocycles. The van der Waals surface area contributed by atoms with Crippen LogP contribution in [0.1, 0.15) is 17.5 Å². The summed E-state index contributed by atoms with van der Waals surface area (Å²) in [6, 6.07) is 16.9. The number of rotatable bonds is 8. The van der Waals surface area contributed by atoms with E-state index in [1.165, 1.54) is 35.3 Å². The molecular formula is C27H36N6. The average molecular weight is 445 g/mol. The first kappa shape index (κ1) is 23.2. The molecule has 1 fully saturated rings. The third-order valence-corrected chi connectivity index (χ3v) is 6.33. The minimum Gasteiger partial charge on any atom is -0.369 e. The van der Waals surface area contributed by atoms with Gasteiger partial charge in [-0.1, -0.05) is 18.2 Å². The van der Waals surface area contributed by atoms with Gasteiger partial charge in [-0.2, -0.15) is 0 Å². The van der Waals surface area contributed by atoms with E-state index < -0.39 is 0 Å². The number of benzene rings is 2. The third kappa shape index (κ3) is 6.09. The largest absolute Gasteiger partial charge is 0.369 e. The molecule has 0 unspecified atom stereocenters. The molecular weight excluding hydrogens is 408 g/mol. The highest BCUT2D eigenvalue weighted by Crippen LogP contribution is 2.27. The molecule has 1 aliphatic rings. The van der Waals surface area contributed by atoms with Crippen LogP contribution in [0.4, 0.5) is 17.3 Å². The zero-order valence-corrected chi connectivity index (χ0v) is 20.4. The van der Waals surface area contributed by atoms with Crippen LogP contribution in [0.5, 0.6) is 0 Å². The molecule has 0 amide bonds. The van der Waals surface area contributed by atoms with E-state index in [0.29, 0.717) is 5.95 Å². The van der Waals surface area contributed by atoms with Crippen LogP contribution < -0.4 is 10.2 Å². The van der Waals surface area contributed by atoms with Crippen molar-refractivity contribution in [3.8, 4) is 11.3 Å². The second-order valence-electron chi connectivity index (χ2n) is 9.19. The molecule has 1 N–H and O–H groups in total. The van der Waals surface area contributed by atoms with E-state index in [9.17, 15) is 0 Å². The third-order valence-electron chi connectivity index (χ3n) is 6.33. The van der Waals surface area contributed by atoms with Gasteiger partial charge in [-0.05, 0) is 88.9 Å². The summed E-state index contributed by atoms with van der Waals surface area (Å²) in [5.41, 5.74) is 6.85. The van der Waals surface area contributed by atoms with Gasteiger partial charge in [-0.25, -0.2) is 9.97 Å². The quantitative estimate of drug-likeness (QED) is 0.549. The summed E-state index contributed by atoms with van der Waals surface area (Å²) in [6.07, 6.45) is 3.06. The molecule has 1 saturated heterocycles. The second kappa shape index (κ2) is 10.8. The van der Waals surface area contributed by atoms with E-state index in [1.54, 1.807) is 0 Å². The van der Waals surface area contributed by atoms with Crippen molar-refractivity contribution in [1.82, 2.24) is 19.8 Å². The van der Waals surface area contributed by atoms with E-state index in [0.717, 1.165) is 44.1 Å². The fourth-order valence-electron chi connectivity index (χ4n) is 4.50. The van der Waals surface area contributed by atoms with Gasteiger partial charge in [0.05, 0.1) is 5.69 Å². The fraction of sp³-hybridized carbons (Fsp3) is 0.407. The van der Waals surface area contributed by atoms with Gasteiger partial charge in [0.2, 0.25) is 5.95 Å². The first-order valence-corrected chi connectivity index (χ1v) is 11.9. The van der Waals surface area contributed by atoms with E-state index in [-0.39, 0.29) is 0 Å². The second-order valence-corrected chi connectivity index (χ2v) is 9.19. The van der Waals surface area contributed by atoms with E-state index in [1.807, 2.05) is 12.3 Å². The van der Waals surface area contributed by atoms with Crippen LogP contribution in [0.25, 0.3) is 11.3 Å². The monoisotopic (exact) mass is 444 g/mol. The van der Waals surface area contributed by atoms with Crippen LogP contribution in [0.15, 0.2) is 54.7 Å². The van der Waals surface area contributed by atoms with Crippen molar-refractivity contribution in [1.29, 1.82) is 0 Å². The van der Waals surface area contributed by atoms with E-state index >= 15 is 0 Å². The first-order valence-electron chi connectivity index (χ1n) is 11.9. The molecule has 2 aromatic carbocycles. The molecule has 0 radical (unpaired) electrons. The summed E-state index contributed by atoms with van der Waals surface area (Å²) < 4.78 is 0. The lowest BCUT2D eigenvalue weighted by Crippen LogP contribution is -2.46. The SMILES string of the molecule is Cc1cccc(C)c1-c1ccnc(Nc2ccc(N3CCN(CCCN(C)C)CC3)cc2)n1. The average Bonchev–Trinajstić information content (AvgIpc) is 2.80. The minimum absolute atomic E-state index is 0.620. The zero-order chi connectivity index (χ0) is 23.2. The standard InChI is InChI=1S/C27H36N6/c1-21-7-5-8-22(2)26(21)25-13-14-28-27(30-25)29-23-9-11-24(12-10-23)33-19-17-32(18-20-33)16-6-15-31(3)4/h5,7-14H,6,15-20H2,1-4H3,(H,28,29,30). The number of hydrogen-bond acceptors (Lipinski definition) is 6. The Kier molecular flexibility index (Phi) is 7.57. The van der Waals surface area contributed by atoms with Crippen molar-refractivity contribution >= 4 is 17.3 Å². The van der Waals surface area contributed by atoms with Crippen molar-refractivity contribution in [2.45, 2.75) is 20.3 Å². The summed E-state index contributed by atoms with van der Waals surface area (Å²) in [7, 11) is 4.29. The van der Waals surface area contributed by atoms with Crippen LogP contribution in [0.3, 0.4) is 0 Å². The Morgan fingerprint density at radius 3 is 2.27 bits per heavy atom. The summed E-state index contributed by atoms with van der Waals surface area (Å²) in [6.45, 7) is 11.0. The molecule has 1 aliphatic heterocycles. The maximum Gasteiger partial charge on any atom is 0.227 e. The number of nitrogens with zero attached hydrogens (tertiary/aromatic N) is 5. The van der Waals surface area contributed by atoms with Gasteiger partial charge in [-0.15, -0.1) is 0 Å². The van der Waals surface area contributed by atoms with Gasteiger partial charge in [0.1, 0.15) is 0 Å². The molecule has 174 valence electrons. The number of hydrogen-bond donors (Lipinski definition) is 1. The lowest BCUT2D eigenvalue weighted by Gasteiger charge is -2.36. The lowest BCUT2D eigenvalue weighted by molar-refractivity contribution is 0.242. The summed E-state index contributed by atoms with van der Waals surface area (Å²) in [5.74, 6) is 0.620. The molecule has 6 heteroatoms. The van der Waals surface area contributed by atoms with Gasteiger partial charge in [-0.3, -0.25) is 4.90 Å². The molecule has 33 heavy (non-hydrogen) atoms. The molecule has 0 bridgehead atoms. The van der Waals surface area contributed by atoms with Gasteiger partial charge < -0.3 is 15.1 Å². The van der Waals surface area contributed by atoms with Gasteiger partial charge in [0.15, 0.2) is 0 Å². The minimum atomic E-state index is 0.620. The zero-order valence-electron chi connectivity index (χ0n) is 20.4. The maximum atomic E-state index is 4.77. The van der Waals surface area contributed by atoms with Crippen LogP contribution in [-0.4, -0.2) is 73.1 Å². The fourth-order valence-corrected chi connectivity index (χ4v) is 4.50. The molecule has 2 heterocycles. The summed E-state index contributed by atoms with van der Waals surface area (Å²) in [4.78, 5) is 16.5. The molecule has 1 aromatic heterocycles. The molecule has 3 aromatic rings. The summed E-state index contributed by atoms with van der Waals surface area (Å²) in [5, 5.41) is 3.37. The number of nitrogens with one attached hydrogen (secondary N) is 1. The lowest BCUT2D eigenvalue weighted by atomic mass is 10.00. The van der Waals surface area contributed by atoms with Crippen molar-refractivity contribution in [2.24, 2.45) is 0 Å². The Balaban J connectivity index is 1.35. The molecule has 6 nitrogen and oxygen atoms in total. The van der Waals surface area contributed by atoms with Crippen molar-refractivity contribution in [3.05, 3.63) is 65.9 Å². The Bertz CT molecular complexity index is 1020. The van der Waals surface area contributed by atoms with Gasteiger partial charge >= 0.3 is 0 Å². The molecule has 0 saturated carbocycles. The predicted molar refractivity (Wildman–Crippen MR) is 138 cm³/mol. The van der Waals surface area contributed by atoms with Crippen LogP contribution in [0, 0.1) is 13.8 Å². The van der Waals surface area contributed by atoms with Gasteiger partial charge in [0.25, 0.3) is 0 Å². The van der Waals surface area contributed by atoms with Crippen LogP contribution >= 0.6 is 0 Å². The Morgan fingerprint density at radius 1 is 0.909 bits per heavy atom. The van der Waals surface area contributed by atoms with Crippen molar-refractivity contribution in [2.75, 3.05) is 63.6 Å². The number of aryl methyl sites for hydroxylation is 2. The molecule has 4 rings (SSSR count). The molecule has 0 spiro atoms. The summed E-state index contributed by atoms with van der Waals surface area (Å²) >= 11 is 0.